The lowest BCUT2D eigenvalue weighted by Crippen LogP contribution is -2.35. The van der Waals surface area contributed by atoms with Gasteiger partial charge in [-0.1, -0.05) is 35.9 Å². The van der Waals surface area contributed by atoms with Gasteiger partial charge in [0.15, 0.2) is 0 Å². The molecule has 0 aliphatic heterocycles. The van der Waals surface area contributed by atoms with Crippen LogP contribution in [0.3, 0.4) is 0 Å². The molecule has 1 atom stereocenters. The van der Waals surface area contributed by atoms with Crippen molar-refractivity contribution in [3.05, 3.63) is 86.4 Å². The van der Waals surface area contributed by atoms with Crippen LogP contribution in [-0.2, 0) is 19.4 Å². The third-order valence-corrected chi connectivity index (χ3v) is 6.32. The number of carbonyl (C=O) groups is 1. The minimum absolute atomic E-state index is 0.0224. The van der Waals surface area contributed by atoms with Crippen molar-refractivity contribution in [3.63, 3.8) is 0 Å². The molecule has 0 saturated heterocycles. The van der Waals surface area contributed by atoms with Crippen molar-refractivity contribution >= 4 is 12.0 Å². The Morgan fingerprint density at radius 3 is 2.86 bits per heavy atom. The topological polar surface area (TPSA) is 42.3 Å². The second kappa shape index (κ2) is 7.51. The van der Waals surface area contributed by atoms with E-state index in [1.807, 2.05) is 24.9 Å². The van der Waals surface area contributed by atoms with Gasteiger partial charge >= 0.3 is 0 Å². The van der Waals surface area contributed by atoms with Crippen LogP contribution in [-0.4, -0.2) is 22.4 Å². The Kier molecular flexibility index (Phi) is 5.03. The molecule has 1 aromatic carbocycles. The highest BCUT2D eigenvalue weighted by Crippen LogP contribution is 2.36. The zero-order valence-electron chi connectivity index (χ0n) is 17.5. The number of aromatic nitrogens is 1. The van der Waals surface area contributed by atoms with Gasteiger partial charge in [0.25, 0.3) is 11.5 Å². The summed E-state index contributed by atoms with van der Waals surface area (Å²) in [5.74, 6) is -0.0237. The van der Waals surface area contributed by atoms with E-state index in [-0.39, 0.29) is 17.5 Å². The maximum atomic E-state index is 13.6. The number of fused-ring (bicyclic) bond motifs is 2. The fourth-order valence-electron chi connectivity index (χ4n) is 4.83. The molecule has 2 aliphatic rings. The van der Waals surface area contributed by atoms with Crippen molar-refractivity contribution in [2.24, 2.45) is 0 Å². The standard InChI is InChI=1S/C25H28N2O2/c1-5-12-27-15-22(20-13-16(2)14-21(20)25(27)29)24(28)26(4)23-11-7-9-18-17(3)8-6-10-19(18)23/h5-6,8,10,13,15,23H,1,7,9,11-12,14H2,2-4H3. The van der Waals surface area contributed by atoms with Gasteiger partial charge in [0.05, 0.1) is 11.6 Å². The van der Waals surface area contributed by atoms with E-state index in [9.17, 15) is 9.59 Å². The Bertz CT molecular complexity index is 1090. The molecule has 0 radical (unpaired) electrons. The van der Waals surface area contributed by atoms with Crippen molar-refractivity contribution in [1.82, 2.24) is 9.47 Å². The number of benzene rings is 1. The Morgan fingerprint density at radius 1 is 1.31 bits per heavy atom. The van der Waals surface area contributed by atoms with Crippen LogP contribution in [0, 0.1) is 6.92 Å². The summed E-state index contributed by atoms with van der Waals surface area (Å²) < 4.78 is 1.61. The first-order valence-electron chi connectivity index (χ1n) is 10.3. The molecule has 0 bridgehead atoms. The van der Waals surface area contributed by atoms with E-state index in [0.29, 0.717) is 18.5 Å². The van der Waals surface area contributed by atoms with E-state index in [0.717, 1.165) is 36.0 Å². The number of carbonyl (C=O) groups excluding carboxylic acids is 1. The molecule has 29 heavy (non-hydrogen) atoms. The van der Waals surface area contributed by atoms with E-state index in [1.165, 1.54) is 16.7 Å². The van der Waals surface area contributed by atoms with Crippen molar-refractivity contribution in [2.75, 3.05) is 7.05 Å². The molecule has 0 N–H and O–H groups in total. The smallest absolute Gasteiger partial charge is 0.256 e. The predicted molar refractivity (Wildman–Crippen MR) is 117 cm³/mol. The summed E-state index contributed by atoms with van der Waals surface area (Å²) in [7, 11) is 1.89. The number of hydrogen-bond donors (Lipinski definition) is 0. The van der Waals surface area contributed by atoms with E-state index in [2.05, 4.69) is 31.7 Å². The molecule has 1 heterocycles. The summed E-state index contributed by atoms with van der Waals surface area (Å²) in [6.45, 7) is 8.31. The number of rotatable bonds is 4. The second-order valence-electron chi connectivity index (χ2n) is 8.32. The maximum Gasteiger partial charge on any atom is 0.256 e. The third kappa shape index (κ3) is 3.27. The van der Waals surface area contributed by atoms with Crippen molar-refractivity contribution in [2.45, 2.75) is 52.1 Å². The van der Waals surface area contributed by atoms with Crippen LogP contribution in [0.2, 0.25) is 0 Å². The molecule has 4 heteroatoms. The van der Waals surface area contributed by atoms with Gasteiger partial charge in [-0.05, 0) is 61.8 Å². The summed E-state index contributed by atoms with van der Waals surface area (Å²) in [5.41, 5.74) is 7.16. The summed E-state index contributed by atoms with van der Waals surface area (Å²) in [6, 6.07) is 6.45. The number of amides is 1. The van der Waals surface area contributed by atoms with Crippen molar-refractivity contribution < 1.29 is 4.79 Å². The van der Waals surface area contributed by atoms with E-state index in [1.54, 1.807) is 16.8 Å². The quantitative estimate of drug-likeness (QED) is 0.726. The fourth-order valence-corrected chi connectivity index (χ4v) is 4.83. The molecule has 0 spiro atoms. The van der Waals surface area contributed by atoms with Gasteiger partial charge in [0, 0.05) is 25.4 Å². The van der Waals surface area contributed by atoms with Crippen LogP contribution in [0.25, 0.3) is 6.08 Å². The van der Waals surface area contributed by atoms with Gasteiger partial charge in [-0.3, -0.25) is 9.59 Å². The van der Waals surface area contributed by atoms with Gasteiger partial charge in [0.1, 0.15) is 0 Å². The molecule has 1 amide bonds. The first kappa shape index (κ1) is 19.4. The monoisotopic (exact) mass is 388 g/mol. The number of allylic oxidation sites excluding steroid dienone is 2. The average Bonchev–Trinajstić information content (AvgIpc) is 3.11. The summed E-state index contributed by atoms with van der Waals surface area (Å²) in [6.07, 6.45) is 9.13. The molecule has 0 saturated carbocycles. The maximum absolute atomic E-state index is 13.6. The minimum atomic E-state index is -0.0237. The molecule has 4 rings (SSSR count). The molecule has 1 aromatic heterocycles. The van der Waals surface area contributed by atoms with E-state index >= 15 is 0 Å². The van der Waals surface area contributed by atoms with Crippen LogP contribution < -0.4 is 5.56 Å². The first-order valence-corrected chi connectivity index (χ1v) is 10.3. The van der Waals surface area contributed by atoms with E-state index in [4.69, 9.17) is 0 Å². The highest BCUT2D eigenvalue weighted by molar-refractivity contribution is 5.99. The molecule has 1 unspecified atom stereocenters. The van der Waals surface area contributed by atoms with Gasteiger partial charge in [0.2, 0.25) is 0 Å². The van der Waals surface area contributed by atoms with Gasteiger partial charge in [-0.15, -0.1) is 6.58 Å². The largest absolute Gasteiger partial charge is 0.335 e. The average molecular weight is 389 g/mol. The Hall–Kier alpha value is -2.88. The van der Waals surface area contributed by atoms with Crippen LogP contribution in [0.15, 0.2) is 47.4 Å². The van der Waals surface area contributed by atoms with Crippen LogP contribution in [0.5, 0.6) is 0 Å². The SMILES string of the molecule is C=CCn1cc(C(=O)N(C)C2CCCc3c(C)cccc32)c2c(c1=O)CC(C)=C2. The molecule has 2 aliphatic carbocycles. The van der Waals surface area contributed by atoms with Gasteiger partial charge in [-0.25, -0.2) is 0 Å². The number of pyridine rings is 1. The second-order valence-corrected chi connectivity index (χ2v) is 8.32. The van der Waals surface area contributed by atoms with Crippen molar-refractivity contribution in [1.29, 1.82) is 0 Å². The lowest BCUT2D eigenvalue weighted by atomic mass is 9.84. The fraction of sp³-hybridized carbons (Fsp3) is 0.360. The van der Waals surface area contributed by atoms with Gasteiger partial charge in [-0.2, -0.15) is 0 Å². The molecule has 0 fully saturated rings. The highest BCUT2D eigenvalue weighted by Gasteiger charge is 2.31. The molecule has 2 aromatic rings. The normalized spacial score (nSPS) is 17.3. The van der Waals surface area contributed by atoms with Crippen LogP contribution >= 0.6 is 0 Å². The first-order chi connectivity index (χ1) is 13.9. The summed E-state index contributed by atoms with van der Waals surface area (Å²) >= 11 is 0. The highest BCUT2D eigenvalue weighted by atomic mass is 16.2. The van der Waals surface area contributed by atoms with Crippen LogP contribution in [0.4, 0.5) is 0 Å². The summed E-state index contributed by atoms with van der Waals surface area (Å²) in [4.78, 5) is 28.3. The number of nitrogens with zero attached hydrogens (tertiary/aromatic N) is 2. The Labute approximate surface area is 172 Å². The lowest BCUT2D eigenvalue weighted by Gasteiger charge is -2.34. The third-order valence-electron chi connectivity index (χ3n) is 6.32. The predicted octanol–water partition coefficient (Wildman–Crippen LogP) is 4.45. The molecular weight excluding hydrogens is 360 g/mol. The molecule has 150 valence electrons. The zero-order valence-corrected chi connectivity index (χ0v) is 17.5. The Morgan fingerprint density at radius 2 is 2.10 bits per heavy atom. The number of hydrogen-bond acceptors (Lipinski definition) is 2. The van der Waals surface area contributed by atoms with E-state index < -0.39 is 0 Å². The minimum Gasteiger partial charge on any atom is -0.335 e. The molecule has 4 nitrogen and oxygen atoms in total. The van der Waals surface area contributed by atoms with Gasteiger partial charge < -0.3 is 9.47 Å². The number of aryl methyl sites for hydroxylation is 1. The lowest BCUT2D eigenvalue weighted by molar-refractivity contribution is 0.0713. The van der Waals surface area contributed by atoms with Crippen LogP contribution in [0.1, 0.15) is 64.0 Å². The Balaban J connectivity index is 1.77. The molecular formula is C25H28N2O2. The zero-order chi connectivity index (χ0) is 20.7. The summed E-state index contributed by atoms with van der Waals surface area (Å²) in [5, 5.41) is 0. The van der Waals surface area contributed by atoms with Crippen molar-refractivity contribution in [3.8, 4) is 0 Å².